The molecule has 0 radical (unpaired) electrons. The van der Waals surface area contributed by atoms with Gasteiger partial charge in [-0.25, -0.2) is 4.79 Å². The number of hydrogen-bond acceptors (Lipinski definition) is 4. The molecule has 0 aliphatic carbocycles. The number of nitrogens with zero attached hydrogens (tertiary/aromatic N) is 1. The molecule has 1 aliphatic heterocycles. The lowest BCUT2D eigenvalue weighted by Crippen LogP contribution is -2.60. The molecule has 0 bridgehead atoms. The quantitative estimate of drug-likeness (QED) is 0.893. The third kappa shape index (κ3) is 3.50. The van der Waals surface area contributed by atoms with E-state index >= 15 is 0 Å². The van der Waals surface area contributed by atoms with E-state index in [1.165, 1.54) is 0 Å². The second kappa shape index (κ2) is 5.02. The van der Waals surface area contributed by atoms with Crippen molar-refractivity contribution in [1.29, 1.82) is 0 Å². The van der Waals surface area contributed by atoms with Crippen LogP contribution in [0.2, 0.25) is 0 Å². The van der Waals surface area contributed by atoms with Crippen LogP contribution < -0.4 is 5.32 Å². The molecule has 18 heavy (non-hydrogen) atoms. The van der Waals surface area contributed by atoms with Gasteiger partial charge < -0.3 is 19.4 Å². The molecule has 1 saturated heterocycles. The van der Waals surface area contributed by atoms with Crippen molar-refractivity contribution in [2.75, 3.05) is 13.1 Å². The summed E-state index contributed by atoms with van der Waals surface area (Å²) < 4.78 is 10.3. The molecule has 0 aromatic carbocycles. The van der Waals surface area contributed by atoms with Gasteiger partial charge in [0.15, 0.2) is 0 Å². The van der Waals surface area contributed by atoms with Crippen molar-refractivity contribution in [1.82, 2.24) is 10.2 Å². The molecule has 1 fully saturated rings. The lowest BCUT2D eigenvalue weighted by atomic mass is 10.1. The van der Waals surface area contributed by atoms with Crippen LogP contribution in [0.3, 0.4) is 0 Å². The van der Waals surface area contributed by atoms with E-state index in [9.17, 15) is 4.79 Å². The number of ether oxygens (including phenoxy) is 1. The largest absolute Gasteiger partial charge is 0.472 e. The Bertz CT molecular complexity index is 389. The minimum Gasteiger partial charge on any atom is -0.472 e. The van der Waals surface area contributed by atoms with Crippen LogP contribution in [0.4, 0.5) is 4.79 Å². The third-order valence-corrected chi connectivity index (χ3v) is 2.71. The van der Waals surface area contributed by atoms with Crippen molar-refractivity contribution in [2.45, 2.75) is 39.0 Å². The van der Waals surface area contributed by atoms with E-state index < -0.39 is 5.60 Å². The number of nitrogens with one attached hydrogen (secondary N) is 1. The number of carbonyl (C=O) groups is 1. The number of hydrogen-bond donors (Lipinski definition) is 1. The molecule has 0 saturated carbocycles. The fourth-order valence-corrected chi connectivity index (χ4v) is 1.74. The molecule has 0 unspecified atom stereocenters. The van der Waals surface area contributed by atoms with Crippen LogP contribution in [-0.4, -0.2) is 35.7 Å². The molecule has 0 atom stereocenters. The molecule has 1 aromatic heterocycles. The fourth-order valence-electron chi connectivity index (χ4n) is 1.74. The Morgan fingerprint density at radius 1 is 1.56 bits per heavy atom. The van der Waals surface area contributed by atoms with Gasteiger partial charge in [0.2, 0.25) is 0 Å². The van der Waals surface area contributed by atoms with Crippen molar-refractivity contribution in [3.63, 3.8) is 0 Å². The number of rotatable bonds is 3. The SMILES string of the molecule is CC(C)(C)OC(=O)N1CC(NCc2ccoc2)C1. The normalized spacial score (nSPS) is 16.5. The molecule has 5 nitrogen and oxygen atoms in total. The van der Waals surface area contributed by atoms with E-state index in [2.05, 4.69) is 5.32 Å². The number of likely N-dealkylation sites (tertiary alicyclic amines) is 1. The molecule has 5 heteroatoms. The molecular formula is C13H20N2O3. The lowest BCUT2D eigenvalue weighted by Gasteiger charge is -2.40. The second-order valence-electron chi connectivity index (χ2n) is 5.59. The van der Waals surface area contributed by atoms with Crippen LogP contribution in [0, 0.1) is 0 Å². The van der Waals surface area contributed by atoms with E-state index in [-0.39, 0.29) is 6.09 Å². The topological polar surface area (TPSA) is 54.7 Å². The second-order valence-corrected chi connectivity index (χ2v) is 5.59. The van der Waals surface area contributed by atoms with Gasteiger partial charge in [0, 0.05) is 31.2 Å². The average Bonchev–Trinajstić information content (AvgIpc) is 2.64. The summed E-state index contributed by atoms with van der Waals surface area (Å²) in [4.78, 5) is 13.4. The van der Waals surface area contributed by atoms with Gasteiger partial charge in [0.05, 0.1) is 12.5 Å². The molecule has 1 N–H and O–H groups in total. The van der Waals surface area contributed by atoms with Crippen LogP contribution in [0.15, 0.2) is 23.0 Å². The molecule has 2 heterocycles. The molecular weight excluding hydrogens is 232 g/mol. The smallest absolute Gasteiger partial charge is 0.410 e. The Kier molecular flexibility index (Phi) is 3.61. The highest BCUT2D eigenvalue weighted by Gasteiger charge is 2.33. The number of furan rings is 1. The van der Waals surface area contributed by atoms with Gasteiger partial charge in [0.1, 0.15) is 5.60 Å². The minimum atomic E-state index is -0.424. The molecule has 100 valence electrons. The Hall–Kier alpha value is -1.49. The van der Waals surface area contributed by atoms with E-state index in [0.29, 0.717) is 19.1 Å². The summed E-state index contributed by atoms with van der Waals surface area (Å²) in [6, 6.07) is 2.27. The van der Waals surface area contributed by atoms with Crippen molar-refractivity contribution in [3.05, 3.63) is 24.2 Å². The van der Waals surface area contributed by atoms with Gasteiger partial charge >= 0.3 is 6.09 Å². The van der Waals surface area contributed by atoms with Gasteiger partial charge in [-0.2, -0.15) is 0 Å². The number of amides is 1. The van der Waals surface area contributed by atoms with Crippen molar-refractivity contribution in [2.24, 2.45) is 0 Å². The first-order valence-electron chi connectivity index (χ1n) is 6.16. The predicted molar refractivity (Wildman–Crippen MR) is 67.1 cm³/mol. The summed E-state index contributed by atoms with van der Waals surface area (Å²) in [5, 5.41) is 3.36. The zero-order chi connectivity index (χ0) is 13.2. The standard InChI is InChI=1S/C13H20N2O3/c1-13(2,3)18-12(16)15-7-11(8-15)14-6-10-4-5-17-9-10/h4-5,9,11,14H,6-8H2,1-3H3. The van der Waals surface area contributed by atoms with Crippen LogP contribution >= 0.6 is 0 Å². The fraction of sp³-hybridized carbons (Fsp3) is 0.615. The molecule has 0 spiro atoms. The Balaban J connectivity index is 1.66. The third-order valence-electron chi connectivity index (χ3n) is 2.71. The van der Waals surface area contributed by atoms with Crippen LogP contribution in [0.1, 0.15) is 26.3 Å². The maximum atomic E-state index is 11.7. The molecule has 1 aromatic rings. The zero-order valence-electron chi connectivity index (χ0n) is 11.1. The number of carbonyl (C=O) groups excluding carboxylic acids is 1. The molecule has 1 amide bonds. The van der Waals surface area contributed by atoms with Crippen molar-refractivity contribution < 1.29 is 13.9 Å². The zero-order valence-corrected chi connectivity index (χ0v) is 11.1. The predicted octanol–water partition coefficient (Wildman–Crippen LogP) is 1.99. The monoisotopic (exact) mass is 252 g/mol. The van der Waals surface area contributed by atoms with Crippen LogP contribution in [0.5, 0.6) is 0 Å². The van der Waals surface area contributed by atoms with Gasteiger partial charge in [0.25, 0.3) is 0 Å². The highest BCUT2D eigenvalue weighted by Crippen LogP contribution is 2.15. The van der Waals surface area contributed by atoms with E-state index in [1.54, 1.807) is 17.4 Å². The Labute approximate surface area is 107 Å². The summed E-state index contributed by atoms with van der Waals surface area (Å²) in [5.74, 6) is 0. The molecule has 2 rings (SSSR count). The Morgan fingerprint density at radius 3 is 2.83 bits per heavy atom. The van der Waals surface area contributed by atoms with Crippen LogP contribution in [-0.2, 0) is 11.3 Å². The van der Waals surface area contributed by atoms with E-state index in [1.807, 2.05) is 26.8 Å². The first kappa shape index (κ1) is 13.0. The van der Waals surface area contributed by atoms with Gasteiger partial charge in [-0.1, -0.05) is 0 Å². The maximum Gasteiger partial charge on any atom is 0.410 e. The highest BCUT2D eigenvalue weighted by atomic mass is 16.6. The molecule has 1 aliphatic rings. The van der Waals surface area contributed by atoms with Gasteiger partial charge in [-0.05, 0) is 26.8 Å². The summed E-state index contributed by atoms with van der Waals surface area (Å²) in [6.07, 6.45) is 3.14. The first-order chi connectivity index (χ1) is 8.44. The lowest BCUT2D eigenvalue weighted by molar-refractivity contribution is 0.00518. The van der Waals surface area contributed by atoms with E-state index in [4.69, 9.17) is 9.15 Å². The maximum absolute atomic E-state index is 11.7. The van der Waals surface area contributed by atoms with Gasteiger partial charge in [-0.15, -0.1) is 0 Å². The summed E-state index contributed by atoms with van der Waals surface area (Å²) >= 11 is 0. The summed E-state index contributed by atoms with van der Waals surface area (Å²) in [6.45, 7) is 7.79. The van der Waals surface area contributed by atoms with Crippen LogP contribution in [0.25, 0.3) is 0 Å². The average molecular weight is 252 g/mol. The first-order valence-corrected chi connectivity index (χ1v) is 6.16. The van der Waals surface area contributed by atoms with Crippen molar-refractivity contribution in [3.8, 4) is 0 Å². The van der Waals surface area contributed by atoms with Gasteiger partial charge in [-0.3, -0.25) is 0 Å². The highest BCUT2D eigenvalue weighted by molar-refractivity contribution is 5.69. The minimum absolute atomic E-state index is 0.233. The summed E-state index contributed by atoms with van der Waals surface area (Å²) in [5.41, 5.74) is 0.692. The van der Waals surface area contributed by atoms with E-state index in [0.717, 1.165) is 12.1 Å². The summed E-state index contributed by atoms with van der Waals surface area (Å²) in [7, 11) is 0. The Morgan fingerprint density at radius 2 is 2.28 bits per heavy atom. The van der Waals surface area contributed by atoms with Crippen molar-refractivity contribution >= 4 is 6.09 Å².